The molecular weight excluding hydrogens is 350 g/mol. The number of hydrogen-bond acceptors (Lipinski definition) is 6. The summed E-state index contributed by atoms with van der Waals surface area (Å²) in [5.74, 6) is 0.279. The molecule has 1 aromatic carbocycles. The highest BCUT2D eigenvalue weighted by Crippen LogP contribution is 2.27. The van der Waals surface area contributed by atoms with Gasteiger partial charge >= 0.3 is 0 Å². The molecule has 3 N–H and O–H groups in total. The molecule has 7 nitrogen and oxygen atoms in total. The van der Waals surface area contributed by atoms with Gasteiger partial charge in [0.2, 0.25) is 0 Å². The van der Waals surface area contributed by atoms with E-state index in [1.807, 2.05) is 39.0 Å². The van der Waals surface area contributed by atoms with Crippen molar-refractivity contribution in [3.63, 3.8) is 0 Å². The Kier molecular flexibility index (Phi) is 5.24. The highest BCUT2D eigenvalue weighted by Gasteiger charge is 2.28. The van der Waals surface area contributed by atoms with Crippen LogP contribution in [0, 0.1) is 5.41 Å². The zero-order chi connectivity index (χ0) is 18.7. The van der Waals surface area contributed by atoms with E-state index in [1.165, 1.54) is 6.33 Å². The fraction of sp³-hybridized carbons (Fsp3) is 0.333. The summed E-state index contributed by atoms with van der Waals surface area (Å²) in [6.45, 7) is 5.47. The number of carbonyl (C=O) groups is 1. The lowest BCUT2D eigenvalue weighted by molar-refractivity contribution is -0.129. The molecule has 2 heterocycles. The van der Waals surface area contributed by atoms with Crippen LogP contribution in [-0.2, 0) is 10.5 Å². The number of amides is 1. The number of anilines is 1. The fourth-order valence-electron chi connectivity index (χ4n) is 2.35. The molecule has 1 amide bonds. The largest absolute Gasteiger partial charge is 0.383 e. The van der Waals surface area contributed by atoms with Crippen LogP contribution in [0.5, 0.6) is 0 Å². The van der Waals surface area contributed by atoms with E-state index in [-0.39, 0.29) is 0 Å². The number of carbonyl (C=O) groups excluding carboxylic acids is 1. The van der Waals surface area contributed by atoms with E-state index in [0.717, 1.165) is 16.0 Å². The average molecular weight is 371 g/mol. The maximum atomic E-state index is 12.2. The van der Waals surface area contributed by atoms with E-state index in [1.54, 1.807) is 24.0 Å². The minimum atomic E-state index is -1.07. The fourth-order valence-corrected chi connectivity index (χ4v) is 3.26. The number of aromatic nitrogens is 4. The third-order valence-electron chi connectivity index (χ3n) is 3.85. The Labute approximate surface area is 155 Å². The molecule has 0 aliphatic rings. The predicted octanol–water partition coefficient (Wildman–Crippen LogP) is 2.99. The van der Waals surface area contributed by atoms with E-state index < -0.39 is 17.4 Å². The van der Waals surface area contributed by atoms with Gasteiger partial charge in [-0.2, -0.15) is 5.10 Å². The van der Waals surface area contributed by atoms with Crippen LogP contribution < -0.4 is 5.32 Å². The van der Waals surface area contributed by atoms with E-state index in [4.69, 9.17) is 0 Å². The van der Waals surface area contributed by atoms with Crippen LogP contribution in [0.3, 0.4) is 0 Å². The summed E-state index contributed by atoms with van der Waals surface area (Å²) in [4.78, 5) is 20.6. The van der Waals surface area contributed by atoms with Gasteiger partial charge in [0, 0.05) is 11.4 Å². The van der Waals surface area contributed by atoms with Crippen LogP contribution in [0.25, 0.3) is 11.0 Å². The minimum Gasteiger partial charge on any atom is -0.383 e. The maximum Gasteiger partial charge on any atom is 0.253 e. The van der Waals surface area contributed by atoms with Crippen molar-refractivity contribution in [1.82, 2.24) is 20.2 Å². The van der Waals surface area contributed by atoms with Crippen molar-refractivity contribution in [3.8, 4) is 0 Å². The van der Waals surface area contributed by atoms with Crippen LogP contribution in [0.4, 0.5) is 5.69 Å². The third-order valence-corrected chi connectivity index (χ3v) is 4.93. The maximum absolute atomic E-state index is 12.2. The summed E-state index contributed by atoms with van der Waals surface area (Å²) in [6.07, 6.45) is 2.14. The molecule has 0 radical (unpaired) electrons. The van der Waals surface area contributed by atoms with Crippen molar-refractivity contribution in [3.05, 3.63) is 42.4 Å². The monoisotopic (exact) mass is 371 g/mol. The lowest BCUT2D eigenvalue weighted by atomic mass is 9.88. The van der Waals surface area contributed by atoms with Crippen molar-refractivity contribution < 1.29 is 9.90 Å². The number of thioether (sulfide) groups is 1. The van der Waals surface area contributed by atoms with Crippen LogP contribution >= 0.6 is 11.8 Å². The van der Waals surface area contributed by atoms with Gasteiger partial charge in [0.25, 0.3) is 5.91 Å². The first-order valence-electron chi connectivity index (χ1n) is 8.19. The van der Waals surface area contributed by atoms with Crippen molar-refractivity contribution >= 4 is 34.4 Å². The quantitative estimate of drug-likeness (QED) is 0.470. The van der Waals surface area contributed by atoms with Gasteiger partial charge in [0.15, 0.2) is 5.65 Å². The van der Waals surface area contributed by atoms with Gasteiger partial charge in [-0.15, -0.1) is 11.8 Å². The number of rotatable bonds is 5. The van der Waals surface area contributed by atoms with Gasteiger partial charge in [-0.25, -0.2) is 9.97 Å². The van der Waals surface area contributed by atoms with Crippen LogP contribution in [-0.4, -0.2) is 37.3 Å². The van der Waals surface area contributed by atoms with Crippen molar-refractivity contribution in [1.29, 1.82) is 0 Å². The standard InChI is InChI=1S/C18H21N5O2S/c1-18(2,3)14(24)16(25)22-12-6-4-5-11(7-12)9-26-17-13-8-21-23-15(13)19-10-20-17/h4-8,10,14,24H,9H2,1-3H3,(H,22,25)(H,19,20,21,23)/t14-/m0/s1. The number of nitrogens with one attached hydrogen (secondary N) is 2. The molecule has 3 rings (SSSR count). The summed E-state index contributed by atoms with van der Waals surface area (Å²) < 4.78 is 0. The highest BCUT2D eigenvalue weighted by atomic mass is 32.2. The van der Waals surface area contributed by atoms with Gasteiger partial charge in [-0.3, -0.25) is 9.89 Å². The topological polar surface area (TPSA) is 104 Å². The van der Waals surface area contributed by atoms with Gasteiger partial charge in [0.05, 0.1) is 11.6 Å². The first-order valence-corrected chi connectivity index (χ1v) is 9.18. The molecule has 0 fully saturated rings. The van der Waals surface area contributed by atoms with Crippen molar-refractivity contribution in [2.24, 2.45) is 5.41 Å². The Morgan fingerprint density at radius 1 is 1.35 bits per heavy atom. The van der Waals surface area contributed by atoms with Gasteiger partial charge in [-0.1, -0.05) is 32.9 Å². The number of aliphatic hydroxyl groups is 1. The second-order valence-corrected chi connectivity index (χ2v) is 8.02. The Bertz CT molecular complexity index is 919. The van der Waals surface area contributed by atoms with Crippen LogP contribution in [0.15, 0.2) is 41.8 Å². The van der Waals surface area contributed by atoms with E-state index in [0.29, 0.717) is 17.1 Å². The summed E-state index contributed by atoms with van der Waals surface area (Å²) in [7, 11) is 0. The molecule has 0 aliphatic heterocycles. The SMILES string of the molecule is CC(C)(C)[C@@H](O)C(=O)Nc1cccc(CSc2ncnc3[nH]ncc23)c1. The zero-order valence-corrected chi connectivity index (χ0v) is 15.7. The number of fused-ring (bicyclic) bond motifs is 1. The third kappa shape index (κ3) is 4.20. The van der Waals surface area contributed by atoms with Crippen molar-refractivity contribution in [2.45, 2.75) is 37.7 Å². The molecular formula is C18H21N5O2S. The Hall–Kier alpha value is -2.45. The van der Waals surface area contributed by atoms with Gasteiger partial charge < -0.3 is 10.4 Å². The zero-order valence-electron chi connectivity index (χ0n) is 14.9. The molecule has 0 saturated carbocycles. The molecule has 2 aromatic heterocycles. The second-order valence-electron chi connectivity index (χ2n) is 7.06. The predicted molar refractivity (Wildman–Crippen MR) is 102 cm³/mol. The minimum absolute atomic E-state index is 0.404. The number of benzene rings is 1. The lowest BCUT2D eigenvalue weighted by Gasteiger charge is -2.24. The summed E-state index contributed by atoms with van der Waals surface area (Å²) in [5, 5.41) is 21.4. The van der Waals surface area contributed by atoms with Crippen LogP contribution in [0.1, 0.15) is 26.3 Å². The smallest absolute Gasteiger partial charge is 0.253 e. The summed E-state index contributed by atoms with van der Waals surface area (Å²) in [6, 6.07) is 7.56. The summed E-state index contributed by atoms with van der Waals surface area (Å²) in [5.41, 5.74) is 1.89. The molecule has 0 aliphatic carbocycles. The first-order chi connectivity index (χ1) is 12.3. The molecule has 0 unspecified atom stereocenters. The molecule has 8 heteroatoms. The van der Waals surface area contributed by atoms with Gasteiger partial charge in [-0.05, 0) is 23.1 Å². The molecule has 26 heavy (non-hydrogen) atoms. The molecule has 3 aromatic rings. The molecule has 0 saturated heterocycles. The molecule has 136 valence electrons. The number of hydrogen-bond donors (Lipinski definition) is 3. The van der Waals surface area contributed by atoms with E-state index in [9.17, 15) is 9.90 Å². The Morgan fingerprint density at radius 3 is 2.92 bits per heavy atom. The normalized spacial score (nSPS) is 12.9. The number of H-pyrrole nitrogens is 1. The van der Waals surface area contributed by atoms with Crippen LogP contribution in [0.2, 0.25) is 0 Å². The number of nitrogens with zero attached hydrogens (tertiary/aromatic N) is 3. The number of aromatic amines is 1. The average Bonchev–Trinajstić information content (AvgIpc) is 3.08. The Balaban J connectivity index is 1.68. The van der Waals surface area contributed by atoms with E-state index >= 15 is 0 Å². The van der Waals surface area contributed by atoms with Crippen molar-refractivity contribution in [2.75, 3.05) is 5.32 Å². The first kappa shape index (κ1) is 18.3. The Morgan fingerprint density at radius 2 is 2.15 bits per heavy atom. The molecule has 0 bridgehead atoms. The second kappa shape index (κ2) is 7.43. The molecule has 1 atom stereocenters. The lowest BCUT2D eigenvalue weighted by Crippen LogP contribution is -2.38. The van der Waals surface area contributed by atoms with Gasteiger partial charge in [0.1, 0.15) is 17.5 Å². The summed E-state index contributed by atoms with van der Waals surface area (Å²) >= 11 is 1.57. The van der Waals surface area contributed by atoms with E-state index in [2.05, 4.69) is 25.5 Å². The molecule has 0 spiro atoms. The highest BCUT2D eigenvalue weighted by molar-refractivity contribution is 7.98. The number of aliphatic hydroxyl groups excluding tert-OH is 1.